The van der Waals surface area contributed by atoms with E-state index in [1.165, 1.54) is 12.1 Å². The Balaban J connectivity index is 2.30. The molecule has 0 aromatic heterocycles. The lowest BCUT2D eigenvalue weighted by molar-refractivity contribution is 0.00842. The lowest BCUT2D eigenvalue weighted by atomic mass is 10.1. The topological polar surface area (TPSA) is 32.3 Å². The van der Waals surface area contributed by atoms with Gasteiger partial charge in [-0.1, -0.05) is 6.07 Å². The summed E-state index contributed by atoms with van der Waals surface area (Å²) in [5.74, 6) is -2.56. The standard InChI is InChI=1S/C10H11F2NO/c11-10(12)4-3-7-1-2-8(14)5-9(7)13-6-10/h1-2,5,13-14H,3-4,6H2. The summed E-state index contributed by atoms with van der Waals surface area (Å²) in [7, 11) is 0. The van der Waals surface area contributed by atoms with Crippen molar-refractivity contribution in [2.45, 2.75) is 18.8 Å². The first-order chi connectivity index (χ1) is 6.57. The molecule has 1 aromatic carbocycles. The SMILES string of the molecule is Oc1ccc2c(c1)NCC(F)(F)CC2. The van der Waals surface area contributed by atoms with Gasteiger partial charge in [-0.2, -0.15) is 0 Å². The predicted molar refractivity (Wildman–Crippen MR) is 49.9 cm³/mol. The number of alkyl halides is 2. The Labute approximate surface area is 80.6 Å². The van der Waals surface area contributed by atoms with Crippen molar-refractivity contribution in [1.29, 1.82) is 0 Å². The molecule has 2 nitrogen and oxygen atoms in total. The molecule has 76 valence electrons. The van der Waals surface area contributed by atoms with Gasteiger partial charge in [-0.25, -0.2) is 8.78 Å². The lowest BCUT2D eigenvalue weighted by Gasteiger charge is -2.12. The van der Waals surface area contributed by atoms with Gasteiger partial charge in [-0.05, 0) is 18.1 Å². The number of rotatable bonds is 0. The lowest BCUT2D eigenvalue weighted by Crippen LogP contribution is -2.25. The average molecular weight is 199 g/mol. The zero-order valence-electron chi connectivity index (χ0n) is 7.56. The Morgan fingerprint density at radius 1 is 1.36 bits per heavy atom. The zero-order chi connectivity index (χ0) is 10.2. The molecule has 0 atom stereocenters. The summed E-state index contributed by atoms with van der Waals surface area (Å²) in [6.07, 6.45) is 0.202. The summed E-state index contributed by atoms with van der Waals surface area (Å²) in [6, 6.07) is 4.68. The van der Waals surface area contributed by atoms with Crippen molar-refractivity contribution in [2.75, 3.05) is 11.9 Å². The van der Waals surface area contributed by atoms with Gasteiger partial charge in [0.05, 0.1) is 6.54 Å². The van der Waals surface area contributed by atoms with Crippen LogP contribution in [0.4, 0.5) is 14.5 Å². The number of fused-ring (bicyclic) bond motifs is 1. The van der Waals surface area contributed by atoms with E-state index < -0.39 is 5.92 Å². The van der Waals surface area contributed by atoms with Gasteiger partial charge < -0.3 is 10.4 Å². The summed E-state index contributed by atoms with van der Waals surface area (Å²) in [4.78, 5) is 0. The maximum absolute atomic E-state index is 13.0. The average Bonchev–Trinajstić information content (AvgIpc) is 2.26. The fourth-order valence-electron chi connectivity index (χ4n) is 1.58. The fraction of sp³-hybridized carbons (Fsp3) is 0.400. The van der Waals surface area contributed by atoms with Crippen molar-refractivity contribution < 1.29 is 13.9 Å². The number of aryl methyl sites for hydroxylation is 1. The van der Waals surface area contributed by atoms with E-state index >= 15 is 0 Å². The molecule has 0 aliphatic carbocycles. The van der Waals surface area contributed by atoms with Crippen LogP contribution in [0.15, 0.2) is 18.2 Å². The van der Waals surface area contributed by atoms with E-state index in [0.29, 0.717) is 12.1 Å². The van der Waals surface area contributed by atoms with Crippen LogP contribution in [0.25, 0.3) is 0 Å². The highest BCUT2D eigenvalue weighted by Gasteiger charge is 2.31. The molecule has 2 rings (SSSR count). The molecule has 0 fully saturated rings. The number of nitrogens with one attached hydrogen (secondary N) is 1. The number of hydrogen-bond acceptors (Lipinski definition) is 2. The van der Waals surface area contributed by atoms with E-state index in [9.17, 15) is 13.9 Å². The highest BCUT2D eigenvalue weighted by atomic mass is 19.3. The van der Waals surface area contributed by atoms with Gasteiger partial charge in [0.2, 0.25) is 0 Å². The molecule has 1 aliphatic heterocycles. The largest absolute Gasteiger partial charge is 0.508 e. The third kappa shape index (κ3) is 1.78. The smallest absolute Gasteiger partial charge is 0.265 e. The second-order valence-electron chi connectivity index (χ2n) is 3.55. The second kappa shape index (κ2) is 3.12. The van der Waals surface area contributed by atoms with Crippen LogP contribution in [-0.4, -0.2) is 17.6 Å². The Bertz CT molecular complexity index is 352. The van der Waals surface area contributed by atoms with Gasteiger partial charge in [0.15, 0.2) is 0 Å². The maximum Gasteiger partial charge on any atom is 0.265 e. The van der Waals surface area contributed by atoms with Crippen LogP contribution in [-0.2, 0) is 6.42 Å². The highest BCUT2D eigenvalue weighted by molar-refractivity contribution is 5.55. The first-order valence-electron chi connectivity index (χ1n) is 4.50. The van der Waals surface area contributed by atoms with Crippen LogP contribution in [0.5, 0.6) is 5.75 Å². The number of phenolic OH excluding ortho intramolecular Hbond substituents is 1. The minimum Gasteiger partial charge on any atom is -0.508 e. The molecule has 1 aromatic rings. The van der Waals surface area contributed by atoms with Crippen molar-refractivity contribution in [1.82, 2.24) is 0 Å². The van der Waals surface area contributed by atoms with E-state index in [0.717, 1.165) is 5.56 Å². The van der Waals surface area contributed by atoms with E-state index in [2.05, 4.69) is 5.32 Å². The number of phenols is 1. The molecule has 0 saturated heterocycles. The predicted octanol–water partition coefficient (Wildman–Crippen LogP) is 2.39. The van der Waals surface area contributed by atoms with Crippen molar-refractivity contribution in [2.24, 2.45) is 0 Å². The summed E-state index contributed by atoms with van der Waals surface area (Å²) >= 11 is 0. The Morgan fingerprint density at radius 3 is 2.93 bits per heavy atom. The summed E-state index contributed by atoms with van der Waals surface area (Å²) in [5, 5.41) is 11.8. The van der Waals surface area contributed by atoms with E-state index in [-0.39, 0.29) is 18.7 Å². The number of anilines is 1. The molecule has 1 aliphatic rings. The molecule has 0 amide bonds. The van der Waals surface area contributed by atoms with Crippen LogP contribution in [0.2, 0.25) is 0 Å². The van der Waals surface area contributed by atoms with Crippen molar-refractivity contribution in [3.05, 3.63) is 23.8 Å². The third-order valence-corrected chi connectivity index (χ3v) is 2.39. The quantitative estimate of drug-likeness (QED) is 0.672. The molecule has 14 heavy (non-hydrogen) atoms. The number of benzene rings is 1. The van der Waals surface area contributed by atoms with Crippen LogP contribution < -0.4 is 5.32 Å². The Kier molecular flexibility index (Phi) is 2.06. The first kappa shape index (κ1) is 9.24. The number of hydrogen-bond donors (Lipinski definition) is 2. The van der Waals surface area contributed by atoms with E-state index in [4.69, 9.17) is 0 Å². The molecule has 0 saturated carbocycles. The third-order valence-electron chi connectivity index (χ3n) is 2.39. The molecule has 1 heterocycles. The van der Waals surface area contributed by atoms with Gasteiger partial charge in [0.25, 0.3) is 5.92 Å². The molecular formula is C10H11F2NO. The number of aromatic hydroxyl groups is 1. The maximum atomic E-state index is 13.0. The van der Waals surface area contributed by atoms with Gasteiger partial charge in [0.1, 0.15) is 5.75 Å². The van der Waals surface area contributed by atoms with Crippen LogP contribution in [0, 0.1) is 0 Å². The zero-order valence-corrected chi connectivity index (χ0v) is 7.56. The van der Waals surface area contributed by atoms with Crippen molar-refractivity contribution in [3.63, 3.8) is 0 Å². The molecule has 0 bridgehead atoms. The normalized spacial score (nSPS) is 19.3. The minimum atomic E-state index is -2.66. The van der Waals surface area contributed by atoms with Crippen LogP contribution >= 0.6 is 0 Å². The molecular weight excluding hydrogens is 188 g/mol. The number of halogens is 2. The molecule has 0 spiro atoms. The molecule has 0 unspecified atom stereocenters. The molecule has 4 heteroatoms. The molecule has 0 radical (unpaired) electrons. The highest BCUT2D eigenvalue weighted by Crippen LogP contribution is 2.31. The van der Waals surface area contributed by atoms with Crippen LogP contribution in [0.3, 0.4) is 0 Å². The van der Waals surface area contributed by atoms with Gasteiger partial charge in [0, 0.05) is 18.2 Å². The van der Waals surface area contributed by atoms with Crippen molar-refractivity contribution >= 4 is 5.69 Å². The van der Waals surface area contributed by atoms with E-state index in [1.807, 2.05) is 0 Å². The summed E-state index contributed by atoms with van der Waals surface area (Å²) < 4.78 is 26.0. The van der Waals surface area contributed by atoms with E-state index in [1.54, 1.807) is 6.07 Å². The first-order valence-corrected chi connectivity index (χ1v) is 4.50. The monoisotopic (exact) mass is 199 g/mol. The minimum absolute atomic E-state index is 0.0986. The van der Waals surface area contributed by atoms with Crippen molar-refractivity contribution in [3.8, 4) is 5.75 Å². The summed E-state index contributed by atoms with van der Waals surface area (Å²) in [5.41, 5.74) is 1.45. The van der Waals surface area contributed by atoms with Gasteiger partial charge in [-0.15, -0.1) is 0 Å². The van der Waals surface area contributed by atoms with Gasteiger partial charge in [-0.3, -0.25) is 0 Å². The molecule has 2 N–H and O–H groups in total. The fourth-order valence-corrected chi connectivity index (χ4v) is 1.58. The van der Waals surface area contributed by atoms with Gasteiger partial charge >= 0.3 is 0 Å². The Morgan fingerprint density at radius 2 is 2.14 bits per heavy atom. The Hall–Kier alpha value is -1.32. The second-order valence-corrected chi connectivity index (χ2v) is 3.55. The van der Waals surface area contributed by atoms with Crippen LogP contribution in [0.1, 0.15) is 12.0 Å². The summed E-state index contributed by atoms with van der Waals surface area (Å²) in [6.45, 7) is -0.358.